The van der Waals surface area contributed by atoms with Crippen LogP contribution in [-0.2, 0) is 17.6 Å². The molecular formula is C22H27Cl2N3O2. The van der Waals surface area contributed by atoms with Gasteiger partial charge < -0.3 is 15.1 Å². The topological polar surface area (TPSA) is 72.4 Å². The van der Waals surface area contributed by atoms with Gasteiger partial charge in [-0.05, 0) is 12.0 Å². The fourth-order valence-electron chi connectivity index (χ4n) is 2.96. The fraction of sp³-hybridized carbons (Fsp3) is 0.273. The number of amides is 1. The number of benzene rings is 2. The average Bonchev–Trinajstić information content (AvgIpc) is 3.20. The van der Waals surface area contributed by atoms with Crippen molar-refractivity contribution in [3.8, 4) is 11.3 Å². The van der Waals surface area contributed by atoms with E-state index in [1.54, 1.807) is 6.20 Å². The molecule has 0 aliphatic heterocycles. The third-order valence-electron chi connectivity index (χ3n) is 4.43. The molecular weight excluding hydrogens is 409 g/mol. The van der Waals surface area contributed by atoms with Crippen molar-refractivity contribution in [3.05, 3.63) is 78.3 Å². The number of halogens is 2. The summed E-state index contributed by atoms with van der Waals surface area (Å²) in [4.78, 5) is 18.7. The summed E-state index contributed by atoms with van der Waals surface area (Å²) in [5.74, 6) is 1.38. The molecule has 0 aliphatic rings. The number of hydrogen-bond donors (Lipinski definition) is 1. The van der Waals surface area contributed by atoms with Gasteiger partial charge in [0.15, 0.2) is 11.7 Å². The number of carbonyl (C=O) groups excluding carboxylic acids is 1. The summed E-state index contributed by atoms with van der Waals surface area (Å²) in [6, 6.07) is 20.0. The van der Waals surface area contributed by atoms with Crippen LogP contribution >= 0.6 is 24.8 Å². The average molecular weight is 436 g/mol. The Labute approximate surface area is 184 Å². The van der Waals surface area contributed by atoms with Gasteiger partial charge in [0.1, 0.15) is 0 Å². The standard InChI is InChI=1S/C22H25N3O2.2ClH/c23-14-16-25(15-13-18-7-3-1-4-8-18)22(26)12-11-21-24-17-20(27-21)19-9-5-2-6-10-19;;/h1-10,17H,11-16,23H2;2*1H. The van der Waals surface area contributed by atoms with Crippen LogP contribution in [-0.4, -0.2) is 35.4 Å². The lowest BCUT2D eigenvalue weighted by Gasteiger charge is -2.22. The Hall–Kier alpha value is -2.34. The summed E-state index contributed by atoms with van der Waals surface area (Å²) in [6.45, 7) is 1.69. The minimum Gasteiger partial charge on any atom is -0.441 e. The van der Waals surface area contributed by atoms with Gasteiger partial charge in [-0.1, -0.05) is 60.7 Å². The Balaban J connectivity index is 0.00000210. The predicted molar refractivity (Wildman–Crippen MR) is 121 cm³/mol. The Morgan fingerprint density at radius 3 is 2.24 bits per heavy atom. The van der Waals surface area contributed by atoms with Crippen LogP contribution in [0.2, 0.25) is 0 Å². The number of nitrogens with zero attached hydrogens (tertiary/aromatic N) is 2. The quantitative estimate of drug-likeness (QED) is 0.547. The van der Waals surface area contributed by atoms with Crippen molar-refractivity contribution in [2.24, 2.45) is 5.73 Å². The number of oxazole rings is 1. The van der Waals surface area contributed by atoms with E-state index in [0.29, 0.717) is 38.4 Å². The lowest BCUT2D eigenvalue weighted by atomic mass is 10.1. The zero-order chi connectivity index (χ0) is 18.9. The molecule has 2 N–H and O–H groups in total. The summed E-state index contributed by atoms with van der Waals surface area (Å²) >= 11 is 0. The molecule has 0 radical (unpaired) electrons. The highest BCUT2D eigenvalue weighted by Gasteiger charge is 2.15. The van der Waals surface area contributed by atoms with E-state index in [2.05, 4.69) is 17.1 Å². The first-order chi connectivity index (χ1) is 13.3. The van der Waals surface area contributed by atoms with Crippen LogP contribution in [0.5, 0.6) is 0 Å². The van der Waals surface area contributed by atoms with Crippen molar-refractivity contribution in [2.75, 3.05) is 19.6 Å². The zero-order valence-corrected chi connectivity index (χ0v) is 17.8. The van der Waals surface area contributed by atoms with Crippen molar-refractivity contribution >= 4 is 30.7 Å². The van der Waals surface area contributed by atoms with Gasteiger partial charge in [-0.15, -0.1) is 24.8 Å². The highest BCUT2D eigenvalue weighted by molar-refractivity contribution is 5.85. The molecule has 1 aromatic heterocycles. The largest absolute Gasteiger partial charge is 0.441 e. The SMILES string of the molecule is Cl.Cl.NCCN(CCc1ccccc1)C(=O)CCc1ncc(-c2ccccc2)o1. The number of nitrogens with two attached hydrogens (primary N) is 1. The van der Waals surface area contributed by atoms with Crippen LogP contribution in [0.15, 0.2) is 71.3 Å². The molecule has 7 heteroatoms. The summed E-state index contributed by atoms with van der Waals surface area (Å²) in [5, 5.41) is 0. The lowest BCUT2D eigenvalue weighted by Crippen LogP contribution is -2.37. The van der Waals surface area contributed by atoms with Crippen LogP contribution < -0.4 is 5.73 Å². The Morgan fingerprint density at radius 1 is 0.931 bits per heavy atom. The Bertz CT molecular complexity index is 842. The van der Waals surface area contributed by atoms with Crippen molar-refractivity contribution in [3.63, 3.8) is 0 Å². The third-order valence-corrected chi connectivity index (χ3v) is 4.43. The molecule has 29 heavy (non-hydrogen) atoms. The van der Waals surface area contributed by atoms with Gasteiger partial charge in [0.2, 0.25) is 5.91 Å². The molecule has 0 saturated carbocycles. The highest BCUT2D eigenvalue weighted by Crippen LogP contribution is 2.20. The molecule has 5 nitrogen and oxygen atoms in total. The van der Waals surface area contributed by atoms with Gasteiger partial charge in [-0.25, -0.2) is 4.98 Å². The number of rotatable bonds is 9. The molecule has 0 aliphatic carbocycles. The van der Waals surface area contributed by atoms with Gasteiger partial charge in [0, 0.05) is 38.0 Å². The van der Waals surface area contributed by atoms with Gasteiger partial charge in [-0.3, -0.25) is 4.79 Å². The van der Waals surface area contributed by atoms with Gasteiger partial charge in [0.05, 0.1) is 6.20 Å². The molecule has 1 heterocycles. The maximum Gasteiger partial charge on any atom is 0.223 e. The van der Waals surface area contributed by atoms with E-state index in [-0.39, 0.29) is 30.7 Å². The summed E-state index contributed by atoms with van der Waals surface area (Å²) in [7, 11) is 0. The molecule has 0 atom stereocenters. The second-order valence-corrected chi connectivity index (χ2v) is 6.39. The van der Waals surface area contributed by atoms with Crippen LogP contribution in [0.1, 0.15) is 17.9 Å². The summed E-state index contributed by atoms with van der Waals surface area (Å²) in [5.41, 5.74) is 7.88. The second-order valence-electron chi connectivity index (χ2n) is 6.39. The van der Waals surface area contributed by atoms with Crippen molar-refractivity contribution in [1.82, 2.24) is 9.88 Å². The van der Waals surface area contributed by atoms with Crippen molar-refractivity contribution in [2.45, 2.75) is 19.3 Å². The minimum atomic E-state index is 0. The normalized spacial score (nSPS) is 9.97. The van der Waals surface area contributed by atoms with E-state index in [1.165, 1.54) is 5.56 Å². The molecule has 2 aromatic carbocycles. The first-order valence-corrected chi connectivity index (χ1v) is 9.28. The van der Waals surface area contributed by atoms with E-state index < -0.39 is 0 Å². The molecule has 0 fully saturated rings. The number of carbonyl (C=O) groups is 1. The molecule has 156 valence electrons. The van der Waals surface area contributed by atoms with Crippen molar-refractivity contribution in [1.29, 1.82) is 0 Å². The van der Waals surface area contributed by atoms with Gasteiger partial charge >= 0.3 is 0 Å². The van der Waals surface area contributed by atoms with Gasteiger partial charge in [-0.2, -0.15) is 0 Å². The number of hydrogen-bond acceptors (Lipinski definition) is 4. The first-order valence-electron chi connectivity index (χ1n) is 9.28. The van der Waals surface area contributed by atoms with E-state index in [0.717, 1.165) is 17.7 Å². The van der Waals surface area contributed by atoms with Crippen molar-refractivity contribution < 1.29 is 9.21 Å². The number of aryl methyl sites for hydroxylation is 1. The van der Waals surface area contributed by atoms with E-state index in [9.17, 15) is 4.79 Å². The molecule has 0 spiro atoms. The molecule has 1 amide bonds. The van der Waals surface area contributed by atoms with Crippen LogP contribution in [0.4, 0.5) is 0 Å². The predicted octanol–water partition coefficient (Wildman–Crippen LogP) is 4.15. The third kappa shape index (κ3) is 7.54. The maximum absolute atomic E-state index is 12.6. The lowest BCUT2D eigenvalue weighted by molar-refractivity contribution is -0.131. The Morgan fingerprint density at radius 2 is 1.59 bits per heavy atom. The zero-order valence-electron chi connectivity index (χ0n) is 16.2. The smallest absolute Gasteiger partial charge is 0.223 e. The minimum absolute atomic E-state index is 0. The monoisotopic (exact) mass is 435 g/mol. The van der Waals surface area contributed by atoms with Crippen LogP contribution in [0, 0.1) is 0 Å². The van der Waals surface area contributed by atoms with E-state index in [1.807, 2.05) is 53.4 Å². The highest BCUT2D eigenvalue weighted by atomic mass is 35.5. The molecule has 0 bridgehead atoms. The maximum atomic E-state index is 12.6. The molecule has 3 aromatic rings. The fourth-order valence-corrected chi connectivity index (χ4v) is 2.96. The second kappa shape index (κ2) is 13.0. The van der Waals surface area contributed by atoms with Gasteiger partial charge in [0.25, 0.3) is 0 Å². The summed E-state index contributed by atoms with van der Waals surface area (Å²) in [6.07, 6.45) is 3.38. The first kappa shape index (κ1) is 24.7. The number of aromatic nitrogens is 1. The Kier molecular flexibility index (Phi) is 11.1. The van der Waals surface area contributed by atoms with Crippen LogP contribution in [0.25, 0.3) is 11.3 Å². The molecule has 3 rings (SSSR count). The molecule has 0 saturated heterocycles. The van der Waals surface area contributed by atoms with E-state index >= 15 is 0 Å². The van der Waals surface area contributed by atoms with Crippen LogP contribution in [0.3, 0.4) is 0 Å². The summed E-state index contributed by atoms with van der Waals surface area (Å²) < 4.78 is 5.78. The van der Waals surface area contributed by atoms with E-state index in [4.69, 9.17) is 10.2 Å². The molecule has 0 unspecified atom stereocenters.